The first-order valence-electron chi connectivity index (χ1n) is 6.58. The van der Waals surface area contributed by atoms with Crippen LogP contribution in [0.5, 0.6) is 0 Å². The van der Waals surface area contributed by atoms with E-state index in [1.54, 1.807) is 12.1 Å². The van der Waals surface area contributed by atoms with Gasteiger partial charge in [-0.05, 0) is 36.1 Å². The van der Waals surface area contributed by atoms with Crippen molar-refractivity contribution in [3.05, 3.63) is 29.3 Å². The average Bonchev–Trinajstić information content (AvgIpc) is 3.11. The number of nitrogens with zero attached hydrogens (tertiary/aromatic N) is 1. The van der Waals surface area contributed by atoms with E-state index in [1.807, 2.05) is 6.07 Å². The van der Waals surface area contributed by atoms with E-state index in [0.717, 1.165) is 31.5 Å². The topological polar surface area (TPSA) is 69.6 Å². The number of hydrogen-bond acceptors (Lipinski definition) is 4. The number of hydrogen-bond donors (Lipinski definition) is 2. The predicted octanol–water partition coefficient (Wildman–Crippen LogP) is 0.435. The van der Waals surface area contributed by atoms with Crippen molar-refractivity contribution in [3.63, 3.8) is 0 Å². The summed E-state index contributed by atoms with van der Waals surface area (Å²) in [4.78, 5) is 0.343. The third-order valence-corrected chi connectivity index (χ3v) is 5.64. The van der Waals surface area contributed by atoms with E-state index in [4.69, 9.17) is 5.11 Å². The molecule has 0 bridgehead atoms. The molecule has 0 aromatic heterocycles. The summed E-state index contributed by atoms with van der Waals surface area (Å²) in [5.41, 5.74) is 2.22. The Morgan fingerprint density at radius 1 is 1.26 bits per heavy atom. The van der Waals surface area contributed by atoms with Gasteiger partial charge in [-0.2, -0.15) is 4.31 Å². The van der Waals surface area contributed by atoms with E-state index in [0.29, 0.717) is 4.90 Å². The Morgan fingerprint density at radius 3 is 2.68 bits per heavy atom. The van der Waals surface area contributed by atoms with Crippen molar-refractivity contribution in [2.24, 2.45) is 0 Å². The average molecular weight is 282 g/mol. The van der Waals surface area contributed by atoms with Gasteiger partial charge in [-0.25, -0.2) is 8.42 Å². The van der Waals surface area contributed by atoms with Crippen LogP contribution in [0, 0.1) is 0 Å². The molecule has 0 unspecified atom stereocenters. The minimum atomic E-state index is -3.48. The highest BCUT2D eigenvalue weighted by atomic mass is 32.2. The second kappa shape index (κ2) is 4.86. The maximum atomic E-state index is 12.6. The highest BCUT2D eigenvalue weighted by Gasteiger charge is 2.37. The fourth-order valence-electron chi connectivity index (χ4n) is 2.53. The minimum absolute atomic E-state index is 0.0727. The van der Waals surface area contributed by atoms with Crippen molar-refractivity contribution in [1.29, 1.82) is 0 Å². The van der Waals surface area contributed by atoms with Gasteiger partial charge in [-0.3, -0.25) is 0 Å². The summed E-state index contributed by atoms with van der Waals surface area (Å²) < 4.78 is 26.6. The Bertz CT molecular complexity index is 582. The SMILES string of the molecule is O=S(=O)(c1ccc2c(c1)CNC2)N(CCO)C1CC1. The van der Waals surface area contributed by atoms with Crippen LogP contribution >= 0.6 is 0 Å². The van der Waals surface area contributed by atoms with E-state index in [1.165, 1.54) is 9.87 Å². The van der Waals surface area contributed by atoms with E-state index in [2.05, 4.69) is 5.32 Å². The quantitative estimate of drug-likeness (QED) is 0.822. The Labute approximate surface area is 113 Å². The van der Waals surface area contributed by atoms with Crippen LogP contribution in [-0.2, 0) is 23.1 Å². The van der Waals surface area contributed by atoms with Crippen molar-refractivity contribution in [1.82, 2.24) is 9.62 Å². The lowest BCUT2D eigenvalue weighted by Gasteiger charge is -2.21. The third-order valence-electron chi connectivity index (χ3n) is 3.69. The van der Waals surface area contributed by atoms with Crippen LogP contribution in [0.1, 0.15) is 24.0 Å². The molecule has 1 aromatic carbocycles. The highest BCUT2D eigenvalue weighted by Crippen LogP contribution is 2.32. The summed E-state index contributed by atoms with van der Waals surface area (Å²) >= 11 is 0. The number of fused-ring (bicyclic) bond motifs is 1. The fraction of sp³-hybridized carbons (Fsp3) is 0.538. The zero-order chi connectivity index (χ0) is 13.5. The zero-order valence-corrected chi connectivity index (χ0v) is 11.5. The van der Waals surface area contributed by atoms with E-state index in [-0.39, 0.29) is 19.2 Å². The van der Waals surface area contributed by atoms with Crippen molar-refractivity contribution < 1.29 is 13.5 Å². The van der Waals surface area contributed by atoms with Gasteiger partial charge in [-0.15, -0.1) is 0 Å². The molecule has 1 fully saturated rings. The molecular formula is C13H18N2O3S. The molecule has 1 heterocycles. The predicted molar refractivity (Wildman–Crippen MR) is 71.0 cm³/mol. The highest BCUT2D eigenvalue weighted by molar-refractivity contribution is 7.89. The maximum absolute atomic E-state index is 12.6. The molecule has 6 heteroatoms. The molecule has 3 rings (SSSR count). The standard InChI is InChI=1S/C13H18N2O3S/c16-6-5-15(12-2-3-12)19(17,18)13-4-1-10-8-14-9-11(10)7-13/h1,4,7,12,14,16H,2-3,5-6,8-9H2. The maximum Gasteiger partial charge on any atom is 0.243 e. The molecule has 104 valence electrons. The number of nitrogens with one attached hydrogen (secondary N) is 1. The molecule has 0 atom stereocenters. The third kappa shape index (κ3) is 2.41. The van der Waals surface area contributed by atoms with Gasteiger partial charge in [-0.1, -0.05) is 6.07 Å². The largest absolute Gasteiger partial charge is 0.395 e. The fourth-order valence-corrected chi connectivity index (χ4v) is 4.25. The number of benzene rings is 1. The van der Waals surface area contributed by atoms with Crippen LogP contribution in [0.25, 0.3) is 0 Å². The molecule has 0 saturated heterocycles. The van der Waals surface area contributed by atoms with Gasteiger partial charge >= 0.3 is 0 Å². The van der Waals surface area contributed by atoms with E-state index in [9.17, 15) is 8.42 Å². The monoisotopic (exact) mass is 282 g/mol. The molecular weight excluding hydrogens is 264 g/mol. The summed E-state index contributed by atoms with van der Waals surface area (Å²) in [6, 6.07) is 5.39. The van der Waals surface area contributed by atoms with Crippen molar-refractivity contribution in [2.75, 3.05) is 13.2 Å². The number of sulfonamides is 1. The first kappa shape index (κ1) is 13.1. The van der Waals surface area contributed by atoms with Gasteiger partial charge in [0.15, 0.2) is 0 Å². The molecule has 1 aromatic rings. The number of aliphatic hydroxyl groups excluding tert-OH is 1. The second-order valence-corrected chi connectivity index (χ2v) is 7.00. The summed E-state index contributed by atoms with van der Waals surface area (Å²) in [5.74, 6) is 0. The summed E-state index contributed by atoms with van der Waals surface area (Å²) in [6.45, 7) is 1.57. The van der Waals surface area contributed by atoms with Gasteiger partial charge in [0.05, 0.1) is 11.5 Å². The van der Waals surface area contributed by atoms with Crippen LogP contribution in [0.2, 0.25) is 0 Å². The Hall–Kier alpha value is -0.950. The first-order valence-corrected chi connectivity index (χ1v) is 8.02. The molecule has 0 spiro atoms. The van der Waals surface area contributed by atoms with Crippen LogP contribution in [0.4, 0.5) is 0 Å². The molecule has 0 amide bonds. The van der Waals surface area contributed by atoms with Gasteiger partial charge in [0.2, 0.25) is 10.0 Å². The van der Waals surface area contributed by atoms with E-state index < -0.39 is 10.0 Å². The first-order chi connectivity index (χ1) is 9.13. The van der Waals surface area contributed by atoms with Crippen LogP contribution in [0.3, 0.4) is 0 Å². The van der Waals surface area contributed by atoms with Crippen LogP contribution in [-0.4, -0.2) is 37.0 Å². The molecule has 5 nitrogen and oxygen atoms in total. The smallest absolute Gasteiger partial charge is 0.243 e. The van der Waals surface area contributed by atoms with Gasteiger partial charge in [0.1, 0.15) is 0 Å². The molecule has 1 aliphatic heterocycles. The van der Waals surface area contributed by atoms with Gasteiger partial charge < -0.3 is 10.4 Å². The van der Waals surface area contributed by atoms with E-state index >= 15 is 0 Å². The molecule has 2 aliphatic rings. The summed E-state index contributed by atoms with van der Waals surface area (Å²) in [5, 5.41) is 12.3. The molecule has 1 aliphatic carbocycles. The lowest BCUT2D eigenvalue weighted by atomic mass is 10.1. The number of aliphatic hydroxyl groups is 1. The van der Waals surface area contributed by atoms with Gasteiger partial charge in [0, 0.05) is 25.7 Å². The second-order valence-electron chi connectivity index (χ2n) is 5.10. The lowest BCUT2D eigenvalue weighted by Crippen LogP contribution is -2.35. The van der Waals surface area contributed by atoms with Crippen molar-refractivity contribution in [3.8, 4) is 0 Å². The Morgan fingerprint density at radius 2 is 2.00 bits per heavy atom. The van der Waals surface area contributed by atoms with Crippen molar-refractivity contribution >= 4 is 10.0 Å². The molecule has 19 heavy (non-hydrogen) atoms. The summed E-state index contributed by atoms with van der Waals surface area (Å²) in [7, 11) is -3.48. The Balaban J connectivity index is 1.94. The van der Waals surface area contributed by atoms with Gasteiger partial charge in [0.25, 0.3) is 0 Å². The normalized spacial score (nSPS) is 18.8. The zero-order valence-electron chi connectivity index (χ0n) is 10.7. The minimum Gasteiger partial charge on any atom is -0.395 e. The molecule has 1 saturated carbocycles. The molecule has 2 N–H and O–H groups in total. The van der Waals surface area contributed by atoms with Crippen molar-refractivity contribution in [2.45, 2.75) is 36.9 Å². The Kier molecular flexibility index (Phi) is 3.34. The van der Waals surface area contributed by atoms with Crippen LogP contribution < -0.4 is 5.32 Å². The molecule has 0 radical (unpaired) electrons. The van der Waals surface area contributed by atoms with Crippen LogP contribution in [0.15, 0.2) is 23.1 Å². The number of rotatable bonds is 5. The summed E-state index contributed by atoms with van der Waals surface area (Å²) in [6.07, 6.45) is 1.79. The lowest BCUT2D eigenvalue weighted by molar-refractivity contribution is 0.250.